The molecule has 0 N–H and O–H groups in total. The van der Waals surface area contributed by atoms with Crippen LogP contribution >= 0.6 is 0 Å². The number of unbranched alkanes of at least 4 members (excludes halogenated alkanes) is 27. The van der Waals surface area contributed by atoms with Crippen LogP contribution in [0.25, 0.3) is 0 Å². The maximum Gasteiger partial charge on any atom is 0.0110 e. The highest BCUT2D eigenvalue weighted by molar-refractivity contribution is 4.74. The number of nitrogens with zero attached hydrogens (tertiary/aromatic N) is 4. The van der Waals surface area contributed by atoms with Gasteiger partial charge in [0.15, 0.2) is 0 Å². The molecule has 1 aliphatic heterocycles. The fourth-order valence-corrected chi connectivity index (χ4v) is 8.26. The van der Waals surface area contributed by atoms with Crippen LogP contribution in [0.1, 0.15) is 227 Å². The quantitative estimate of drug-likeness (QED) is 0.0584. The lowest BCUT2D eigenvalue weighted by Gasteiger charge is -2.36. The fraction of sp³-hybridized carbons (Fsp3) is 1.00. The second kappa shape index (κ2) is 39.5. The Balaban J connectivity index is 2.52. The minimum absolute atomic E-state index is 1.27. The van der Waals surface area contributed by atoms with Crippen LogP contribution in [0.4, 0.5) is 0 Å². The molecule has 1 rings (SSSR count). The van der Waals surface area contributed by atoms with Crippen molar-refractivity contribution in [1.82, 2.24) is 19.6 Å². The van der Waals surface area contributed by atoms with Crippen molar-refractivity contribution in [1.29, 1.82) is 0 Å². The molecule has 0 spiro atoms. The van der Waals surface area contributed by atoms with Crippen molar-refractivity contribution < 1.29 is 0 Å². The average molecular weight is 719 g/mol. The molecule has 0 bridgehead atoms. The lowest BCUT2D eigenvalue weighted by atomic mass is 10.1. The molecular weight excluding hydrogens is 621 g/mol. The summed E-state index contributed by atoms with van der Waals surface area (Å²) in [5, 5.41) is 0. The standard InChI is InChI=1S/C47H98N4/c1-5-9-12-15-18-21-24-27-30-33-37-49(38-34-31-28-25-22-19-16-13-10-6-2)42-43-50(39-35-32-29-26-23-20-17-14-11-7-3)44-47-51-45-40-48(36-8-4)41-46-51/h5-47H2,1-4H3. The fourth-order valence-electron chi connectivity index (χ4n) is 8.26. The minimum Gasteiger partial charge on any atom is -0.302 e. The average Bonchev–Trinajstić information content (AvgIpc) is 3.14. The van der Waals surface area contributed by atoms with E-state index in [1.54, 1.807) is 0 Å². The van der Waals surface area contributed by atoms with E-state index in [4.69, 9.17) is 0 Å². The molecule has 0 aromatic rings. The number of hydrogen-bond donors (Lipinski definition) is 0. The molecule has 0 saturated carbocycles. The molecule has 4 nitrogen and oxygen atoms in total. The van der Waals surface area contributed by atoms with Gasteiger partial charge in [0.25, 0.3) is 0 Å². The van der Waals surface area contributed by atoms with E-state index in [-0.39, 0.29) is 0 Å². The van der Waals surface area contributed by atoms with Gasteiger partial charge in [0, 0.05) is 52.4 Å². The largest absolute Gasteiger partial charge is 0.302 e. The molecule has 0 amide bonds. The first-order valence-electron chi connectivity index (χ1n) is 24.1. The van der Waals surface area contributed by atoms with Crippen LogP contribution in [0.2, 0.25) is 0 Å². The van der Waals surface area contributed by atoms with Gasteiger partial charge in [-0.15, -0.1) is 0 Å². The van der Waals surface area contributed by atoms with E-state index >= 15 is 0 Å². The van der Waals surface area contributed by atoms with Gasteiger partial charge in [0.2, 0.25) is 0 Å². The van der Waals surface area contributed by atoms with E-state index in [1.165, 1.54) is 278 Å². The Labute approximate surface area is 324 Å². The van der Waals surface area contributed by atoms with Crippen LogP contribution < -0.4 is 0 Å². The molecule has 0 aliphatic carbocycles. The third kappa shape index (κ3) is 32.9. The van der Waals surface area contributed by atoms with E-state index < -0.39 is 0 Å². The molecule has 1 saturated heterocycles. The van der Waals surface area contributed by atoms with Crippen LogP contribution in [-0.2, 0) is 0 Å². The van der Waals surface area contributed by atoms with Crippen molar-refractivity contribution in [3.63, 3.8) is 0 Å². The predicted molar refractivity (Wildman–Crippen MR) is 232 cm³/mol. The lowest BCUT2D eigenvalue weighted by molar-refractivity contribution is 0.114. The smallest absolute Gasteiger partial charge is 0.0110 e. The van der Waals surface area contributed by atoms with Crippen molar-refractivity contribution >= 4 is 0 Å². The lowest BCUT2D eigenvalue weighted by Crippen LogP contribution is -2.49. The third-order valence-electron chi connectivity index (χ3n) is 12.0. The van der Waals surface area contributed by atoms with Crippen molar-refractivity contribution in [2.45, 2.75) is 227 Å². The molecule has 51 heavy (non-hydrogen) atoms. The summed E-state index contributed by atoms with van der Waals surface area (Å²) in [4.78, 5) is 11.2. The second-order valence-electron chi connectivity index (χ2n) is 16.9. The van der Waals surface area contributed by atoms with Crippen molar-refractivity contribution in [2.75, 3.05) is 78.5 Å². The Morgan fingerprint density at radius 3 is 0.804 bits per heavy atom. The van der Waals surface area contributed by atoms with Gasteiger partial charge in [-0.2, -0.15) is 0 Å². The van der Waals surface area contributed by atoms with E-state index in [2.05, 4.69) is 47.3 Å². The molecule has 0 radical (unpaired) electrons. The first-order chi connectivity index (χ1) is 25.2. The van der Waals surface area contributed by atoms with Gasteiger partial charge in [-0.05, 0) is 51.9 Å². The molecular formula is C47H98N4. The Morgan fingerprint density at radius 2 is 0.510 bits per heavy atom. The Morgan fingerprint density at radius 1 is 0.255 bits per heavy atom. The molecule has 306 valence electrons. The molecule has 1 fully saturated rings. The van der Waals surface area contributed by atoms with E-state index in [0.29, 0.717) is 0 Å². The number of rotatable bonds is 41. The van der Waals surface area contributed by atoms with E-state index in [9.17, 15) is 0 Å². The minimum atomic E-state index is 1.27. The summed E-state index contributed by atoms with van der Waals surface area (Å²) in [6.07, 6.45) is 44.5. The van der Waals surface area contributed by atoms with E-state index in [1.807, 2.05) is 0 Å². The van der Waals surface area contributed by atoms with Gasteiger partial charge in [-0.1, -0.05) is 201 Å². The number of piperazine rings is 1. The number of hydrogen-bond acceptors (Lipinski definition) is 4. The predicted octanol–water partition coefficient (Wildman–Crippen LogP) is 13.4. The highest BCUT2D eigenvalue weighted by atomic mass is 15.3. The van der Waals surface area contributed by atoms with Crippen molar-refractivity contribution in [3.8, 4) is 0 Å². The van der Waals surface area contributed by atoms with Crippen LogP contribution in [0.5, 0.6) is 0 Å². The molecule has 0 aromatic heterocycles. The summed E-state index contributed by atoms with van der Waals surface area (Å²) in [6, 6.07) is 0. The molecule has 4 heteroatoms. The van der Waals surface area contributed by atoms with Gasteiger partial charge in [-0.25, -0.2) is 0 Å². The normalized spacial score (nSPS) is 14.5. The zero-order valence-electron chi connectivity index (χ0n) is 36.2. The maximum absolute atomic E-state index is 2.89. The summed E-state index contributed by atoms with van der Waals surface area (Å²) < 4.78 is 0. The van der Waals surface area contributed by atoms with Gasteiger partial charge in [-0.3, -0.25) is 4.90 Å². The van der Waals surface area contributed by atoms with Gasteiger partial charge in [0.05, 0.1) is 0 Å². The molecule has 1 heterocycles. The van der Waals surface area contributed by atoms with E-state index in [0.717, 1.165) is 0 Å². The van der Waals surface area contributed by atoms with Crippen LogP contribution in [0, 0.1) is 0 Å². The highest BCUT2D eigenvalue weighted by Gasteiger charge is 2.17. The summed E-state index contributed by atoms with van der Waals surface area (Å²) in [5.41, 5.74) is 0. The van der Waals surface area contributed by atoms with Gasteiger partial charge < -0.3 is 14.7 Å². The second-order valence-corrected chi connectivity index (χ2v) is 16.9. The zero-order chi connectivity index (χ0) is 36.7. The first kappa shape index (κ1) is 48.9. The zero-order valence-corrected chi connectivity index (χ0v) is 36.2. The van der Waals surface area contributed by atoms with Crippen molar-refractivity contribution in [3.05, 3.63) is 0 Å². The van der Waals surface area contributed by atoms with Gasteiger partial charge in [0.1, 0.15) is 0 Å². The summed E-state index contributed by atoms with van der Waals surface area (Å²) >= 11 is 0. The Hall–Kier alpha value is -0.160. The highest BCUT2D eigenvalue weighted by Crippen LogP contribution is 2.15. The van der Waals surface area contributed by atoms with Crippen LogP contribution in [0.3, 0.4) is 0 Å². The van der Waals surface area contributed by atoms with Crippen LogP contribution in [-0.4, -0.2) is 98.1 Å². The topological polar surface area (TPSA) is 13.0 Å². The van der Waals surface area contributed by atoms with Gasteiger partial charge >= 0.3 is 0 Å². The summed E-state index contributed by atoms with van der Waals surface area (Å²) in [7, 11) is 0. The van der Waals surface area contributed by atoms with Crippen molar-refractivity contribution in [2.24, 2.45) is 0 Å². The summed E-state index contributed by atoms with van der Waals surface area (Å²) in [5.74, 6) is 0. The monoisotopic (exact) mass is 719 g/mol. The molecule has 1 aliphatic rings. The molecule has 0 unspecified atom stereocenters. The SMILES string of the molecule is CCCCCCCCCCCCN(CCCCCCCCCCCC)CCN(CCCCCCCCCCCC)CCN1CCN(CCC)CC1. The molecule has 0 aromatic carbocycles. The first-order valence-corrected chi connectivity index (χ1v) is 24.1. The Kier molecular flexibility index (Phi) is 37.9. The molecule has 0 atom stereocenters. The maximum atomic E-state index is 2.89. The Bertz CT molecular complexity index is 624. The van der Waals surface area contributed by atoms with Crippen LogP contribution in [0.15, 0.2) is 0 Å². The summed E-state index contributed by atoms with van der Waals surface area (Å²) in [6.45, 7) is 24.8. The third-order valence-corrected chi connectivity index (χ3v) is 12.0.